The summed E-state index contributed by atoms with van der Waals surface area (Å²) in [7, 11) is -7.16. The molecule has 0 spiro atoms. The molecule has 0 fully saturated rings. The summed E-state index contributed by atoms with van der Waals surface area (Å²) in [5.41, 5.74) is 6.51. The van der Waals surface area contributed by atoms with E-state index < -0.39 is 20.0 Å². The second-order valence-electron chi connectivity index (χ2n) is 8.39. The van der Waals surface area contributed by atoms with E-state index in [0.29, 0.717) is 42.1 Å². The molecule has 0 atom stereocenters. The highest BCUT2D eigenvalue weighted by Crippen LogP contribution is 2.34. The zero-order valence-electron chi connectivity index (χ0n) is 19.2. The molecule has 0 aliphatic carbocycles. The van der Waals surface area contributed by atoms with Crippen LogP contribution in [0.15, 0.2) is 23.1 Å². The van der Waals surface area contributed by atoms with Gasteiger partial charge in [-0.05, 0) is 105 Å². The molecule has 1 aliphatic rings. The van der Waals surface area contributed by atoms with Crippen LogP contribution in [0.25, 0.3) is 0 Å². The van der Waals surface area contributed by atoms with E-state index in [1.807, 2.05) is 41.5 Å². The first-order valence-corrected chi connectivity index (χ1v) is 13.7. The number of rotatable bonds is 6. The number of sulfonamides is 2. The van der Waals surface area contributed by atoms with Gasteiger partial charge in [-0.25, -0.2) is 16.8 Å². The quantitative estimate of drug-likeness (QED) is 0.681. The van der Waals surface area contributed by atoms with E-state index in [2.05, 4.69) is 4.72 Å². The zero-order chi connectivity index (χ0) is 23.1. The molecule has 0 unspecified atom stereocenters. The SMILES string of the molecule is CCCS(=O)(=O)N1CCCc2cc(NS(=O)(=O)c3c(C)c(C)c(C)c(C)c3C)ccc21. The van der Waals surface area contributed by atoms with Crippen LogP contribution in [0.3, 0.4) is 0 Å². The summed E-state index contributed by atoms with van der Waals surface area (Å²) in [4.78, 5) is 0.318. The van der Waals surface area contributed by atoms with Crippen LogP contribution >= 0.6 is 0 Å². The molecular formula is C23H32N2O4S2. The molecule has 6 nitrogen and oxygen atoms in total. The Morgan fingerprint density at radius 3 is 2.06 bits per heavy atom. The third-order valence-electron chi connectivity index (χ3n) is 6.41. The van der Waals surface area contributed by atoms with Crippen molar-refractivity contribution in [2.75, 3.05) is 21.3 Å². The number of hydrogen-bond donors (Lipinski definition) is 1. The number of nitrogens with one attached hydrogen (secondary N) is 1. The minimum atomic E-state index is -3.80. The molecule has 1 heterocycles. The van der Waals surface area contributed by atoms with Gasteiger partial charge in [-0.2, -0.15) is 0 Å². The number of anilines is 2. The van der Waals surface area contributed by atoms with Crippen LogP contribution in [0.5, 0.6) is 0 Å². The second kappa shape index (κ2) is 8.47. The number of benzene rings is 2. The Morgan fingerprint density at radius 1 is 0.903 bits per heavy atom. The van der Waals surface area contributed by atoms with Gasteiger partial charge in [0.25, 0.3) is 10.0 Å². The van der Waals surface area contributed by atoms with Crippen LogP contribution in [0, 0.1) is 34.6 Å². The van der Waals surface area contributed by atoms with E-state index in [0.717, 1.165) is 33.4 Å². The number of nitrogens with zero attached hydrogens (tertiary/aromatic N) is 1. The van der Waals surface area contributed by atoms with Crippen LogP contribution in [-0.4, -0.2) is 29.1 Å². The van der Waals surface area contributed by atoms with E-state index in [9.17, 15) is 16.8 Å². The van der Waals surface area contributed by atoms with Crippen molar-refractivity contribution >= 4 is 31.4 Å². The standard InChI is InChI=1S/C23H32N2O4S2/c1-7-13-30(26,27)25-12-8-9-20-14-21(10-11-22(20)25)24-31(28,29)23-18(5)16(3)15(2)17(4)19(23)6/h10-11,14,24H,7-9,12-13H2,1-6H3. The summed E-state index contributed by atoms with van der Waals surface area (Å²) in [6.07, 6.45) is 1.98. The van der Waals surface area contributed by atoms with Crippen molar-refractivity contribution in [3.8, 4) is 0 Å². The third kappa shape index (κ3) is 4.32. The van der Waals surface area contributed by atoms with Crippen molar-refractivity contribution in [1.82, 2.24) is 0 Å². The molecule has 170 valence electrons. The summed E-state index contributed by atoms with van der Waals surface area (Å²) in [6.45, 7) is 11.9. The largest absolute Gasteiger partial charge is 0.280 e. The Hall–Kier alpha value is -2.06. The Labute approximate surface area is 186 Å². The Morgan fingerprint density at radius 2 is 1.48 bits per heavy atom. The number of aryl methyl sites for hydroxylation is 1. The van der Waals surface area contributed by atoms with Crippen LogP contribution in [0.4, 0.5) is 11.4 Å². The molecule has 0 saturated carbocycles. The van der Waals surface area contributed by atoms with Crippen molar-refractivity contribution in [2.45, 2.75) is 65.7 Å². The van der Waals surface area contributed by atoms with Gasteiger partial charge in [0.05, 0.1) is 16.3 Å². The molecule has 3 rings (SSSR count). The summed E-state index contributed by atoms with van der Waals surface area (Å²) in [5, 5.41) is 0. The van der Waals surface area contributed by atoms with Gasteiger partial charge in [0.1, 0.15) is 0 Å². The first-order chi connectivity index (χ1) is 14.4. The molecule has 1 aliphatic heterocycles. The molecule has 0 bridgehead atoms. The molecule has 2 aromatic carbocycles. The Bertz CT molecular complexity index is 1200. The molecule has 0 aromatic heterocycles. The van der Waals surface area contributed by atoms with Gasteiger partial charge in [-0.1, -0.05) is 6.92 Å². The highest BCUT2D eigenvalue weighted by Gasteiger charge is 2.28. The minimum absolute atomic E-state index is 0.103. The molecule has 2 aromatic rings. The fourth-order valence-corrected chi connectivity index (χ4v) is 7.63. The van der Waals surface area contributed by atoms with E-state index in [-0.39, 0.29) is 5.75 Å². The normalized spacial score (nSPS) is 14.5. The molecule has 1 N–H and O–H groups in total. The van der Waals surface area contributed by atoms with Crippen molar-refractivity contribution in [2.24, 2.45) is 0 Å². The Balaban J connectivity index is 2.00. The van der Waals surface area contributed by atoms with Gasteiger partial charge in [0.2, 0.25) is 10.0 Å². The van der Waals surface area contributed by atoms with E-state index in [4.69, 9.17) is 0 Å². The molecule has 0 amide bonds. The van der Waals surface area contributed by atoms with E-state index >= 15 is 0 Å². The smallest absolute Gasteiger partial charge is 0.262 e. The highest BCUT2D eigenvalue weighted by molar-refractivity contribution is 7.93. The second-order valence-corrected chi connectivity index (χ2v) is 12.0. The fraction of sp³-hybridized carbons (Fsp3) is 0.478. The first kappa shape index (κ1) is 23.6. The Kier molecular flexibility index (Phi) is 6.45. The highest BCUT2D eigenvalue weighted by atomic mass is 32.2. The average Bonchev–Trinajstić information content (AvgIpc) is 2.69. The lowest BCUT2D eigenvalue weighted by atomic mass is 9.95. The lowest BCUT2D eigenvalue weighted by Crippen LogP contribution is -2.37. The molecule has 31 heavy (non-hydrogen) atoms. The predicted octanol–water partition coefficient (Wildman–Crippen LogP) is 4.52. The maximum Gasteiger partial charge on any atom is 0.262 e. The van der Waals surface area contributed by atoms with Crippen molar-refractivity contribution in [3.63, 3.8) is 0 Å². The summed E-state index contributed by atoms with van der Waals surface area (Å²) >= 11 is 0. The summed E-state index contributed by atoms with van der Waals surface area (Å²) in [6, 6.07) is 5.12. The minimum Gasteiger partial charge on any atom is -0.280 e. The van der Waals surface area contributed by atoms with Gasteiger partial charge in [-0.3, -0.25) is 9.03 Å². The van der Waals surface area contributed by atoms with Gasteiger partial charge < -0.3 is 0 Å². The number of fused-ring (bicyclic) bond motifs is 1. The van der Waals surface area contributed by atoms with E-state index in [1.165, 1.54) is 4.31 Å². The molecular weight excluding hydrogens is 432 g/mol. The molecule has 8 heteroatoms. The van der Waals surface area contributed by atoms with Crippen LogP contribution < -0.4 is 9.03 Å². The molecule has 0 saturated heterocycles. The maximum atomic E-state index is 13.3. The maximum absolute atomic E-state index is 13.3. The summed E-state index contributed by atoms with van der Waals surface area (Å²) in [5.74, 6) is 0.103. The zero-order valence-corrected chi connectivity index (χ0v) is 20.8. The molecule has 0 radical (unpaired) electrons. The monoisotopic (exact) mass is 464 g/mol. The first-order valence-electron chi connectivity index (χ1n) is 10.6. The van der Waals surface area contributed by atoms with Crippen LogP contribution in [-0.2, 0) is 26.5 Å². The van der Waals surface area contributed by atoms with Crippen molar-refractivity contribution in [1.29, 1.82) is 0 Å². The van der Waals surface area contributed by atoms with Crippen molar-refractivity contribution < 1.29 is 16.8 Å². The van der Waals surface area contributed by atoms with Crippen LogP contribution in [0.1, 0.15) is 53.1 Å². The van der Waals surface area contributed by atoms with Gasteiger partial charge in [0.15, 0.2) is 0 Å². The predicted molar refractivity (Wildman–Crippen MR) is 127 cm³/mol. The lowest BCUT2D eigenvalue weighted by molar-refractivity contribution is 0.585. The van der Waals surface area contributed by atoms with Crippen molar-refractivity contribution in [3.05, 3.63) is 51.6 Å². The van der Waals surface area contributed by atoms with E-state index in [1.54, 1.807) is 18.2 Å². The van der Waals surface area contributed by atoms with Crippen LogP contribution in [0.2, 0.25) is 0 Å². The summed E-state index contributed by atoms with van der Waals surface area (Å²) < 4.78 is 56.1. The average molecular weight is 465 g/mol. The lowest BCUT2D eigenvalue weighted by Gasteiger charge is -2.31. The van der Waals surface area contributed by atoms with Gasteiger partial charge in [0, 0.05) is 12.2 Å². The third-order valence-corrected chi connectivity index (χ3v) is 10.0. The number of hydrogen-bond acceptors (Lipinski definition) is 4. The van der Waals surface area contributed by atoms with Gasteiger partial charge in [-0.15, -0.1) is 0 Å². The topological polar surface area (TPSA) is 83.6 Å². The fourth-order valence-electron chi connectivity index (χ4n) is 4.36. The van der Waals surface area contributed by atoms with Gasteiger partial charge >= 0.3 is 0 Å².